The molecule has 1 fully saturated rings. The molecule has 4 nitrogen and oxygen atoms in total. The highest BCUT2D eigenvalue weighted by Gasteiger charge is 2.54. The zero-order valence-electron chi connectivity index (χ0n) is 7.85. The van der Waals surface area contributed by atoms with E-state index < -0.39 is 17.5 Å². The van der Waals surface area contributed by atoms with Gasteiger partial charge >= 0.3 is 5.97 Å². The molecule has 2 rings (SSSR count). The molecule has 1 aromatic heterocycles. The molecule has 1 unspecified atom stereocenters. The van der Waals surface area contributed by atoms with Gasteiger partial charge in [0.15, 0.2) is 6.10 Å². The monoisotopic (exact) mass is 227 g/mol. The van der Waals surface area contributed by atoms with Gasteiger partial charge in [0.25, 0.3) is 0 Å². The van der Waals surface area contributed by atoms with Crippen molar-refractivity contribution in [3.63, 3.8) is 0 Å². The van der Waals surface area contributed by atoms with Crippen molar-refractivity contribution in [1.29, 1.82) is 0 Å². The Morgan fingerprint density at radius 1 is 1.53 bits per heavy atom. The molecule has 2 N–H and O–H groups in total. The number of carbonyl (C=O) groups is 1. The molecular weight excluding hydrogens is 218 g/mol. The molecule has 15 heavy (non-hydrogen) atoms. The van der Waals surface area contributed by atoms with E-state index in [1.54, 1.807) is 18.2 Å². The topological polar surface area (TPSA) is 70.4 Å². The van der Waals surface area contributed by atoms with Crippen LogP contribution in [-0.2, 0) is 10.2 Å². The first-order valence-corrected chi connectivity index (χ1v) is 4.98. The van der Waals surface area contributed by atoms with Crippen molar-refractivity contribution in [1.82, 2.24) is 4.98 Å². The molecule has 1 aliphatic rings. The van der Waals surface area contributed by atoms with Gasteiger partial charge in [-0.25, -0.2) is 9.78 Å². The van der Waals surface area contributed by atoms with Crippen LogP contribution in [0, 0.1) is 0 Å². The van der Waals surface area contributed by atoms with Gasteiger partial charge in [-0.1, -0.05) is 17.7 Å². The summed E-state index contributed by atoms with van der Waals surface area (Å²) in [4.78, 5) is 14.8. The van der Waals surface area contributed by atoms with Crippen LogP contribution in [0.5, 0.6) is 0 Å². The third-order valence-corrected chi connectivity index (χ3v) is 2.98. The zero-order valence-corrected chi connectivity index (χ0v) is 8.61. The first kappa shape index (κ1) is 10.4. The number of aromatic nitrogens is 1. The van der Waals surface area contributed by atoms with E-state index in [2.05, 4.69) is 4.98 Å². The summed E-state index contributed by atoms with van der Waals surface area (Å²) in [5, 5.41) is 18.7. The van der Waals surface area contributed by atoms with Crippen LogP contribution in [0.3, 0.4) is 0 Å². The van der Waals surface area contributed by atoms with Crippen LogP contribution in [0.2, 0.25) is 5.15 Å². The molecule has 1 saturated carbocycles. The Balaban J connectivity index is 2.34. The third-order valence-electron chi connectivity index (χ3n) is 2.77. The Morgan fingerprint density at radius 2 is 2.20 bits per heavy atom. The van der Waals surface area contributed by atoms with Crippen molar-refractivity contribution in [2.75, 3.05) is 0 Å². The number of pyridine rings is 1. The van der Waals surface area contributed by atoms with Crippen molar-refractivity contribution in [3.8, 4) is 0 Å². The van der Waals surface area contributed by atoms with E-state index in [0.717, 1.165) is 0 Å². The maximum Gasteiger partial charge on any atom is 0.333 e. The molecule has 5 heteroatoms. The Kier molecular flexibility index (Phi) is 2.40. The second kappa shape index (κ2) is 3.47. The highest BCUT2D eigenvalue weighted by molar-refractivity contribution is 6.29. The van der Waals surface area contributed by atoms with E-state index >= 15 is 0 Å². The highest BCUT2D eigenvalue weighted by atomic mass is 35.5. The number of aliphatic hydroxyl groups excluding tert-OH is 1. The number of rotatable bonds is 3. The minimum atomic E-state index is -1.40. The van der Waals surface area contributed by atoms with Gasteiger partial charge in [-0.3, -0.25) is 0 Å². The largest absolute Gasteiger partial charge is 0.479 e. The molecule has 1 aliphatic carbocycles. The molecule has 1 aromatic rings. The lowest BCUT2D eigenvalue weighted by Crippen LogP contribution is -2.34. The lowest BCUT2D eigenvalue weighted by atomic mass is 9.94. The quantitative estimate of drug-likeness (QED) is 0.762. The summed E-state index contributed by atoms with van der Waals surface area (Å²) in [6.45, 7) is 0. The minimum Gasteiger partial charge on any atom is -0.479 e. The van der Waals surface area contributed by atoms with E-state index in [9.17, 15) is 9.90 Å². The molecule has 0 bridgehead atoms. The number of nitrogens with zero attached hydrogens (tertiary/aromatic N) is 1. The molecule has 0 aliphatic heterocycles. The average Bonchev–Trinajstić information content (AvgIpc) is 2.97. The Morgan fingerprint density at radius 3 is 2.67 bits per heavy atom. The fourth-order valence-electron chi connectivity index (χ4n) is 1.73. The van der Waals surface area contributed by atoms with Gasteiger partial charge in [-0.2, -0.15) is 0 Å². The van der Waals surface area contributed by atoms with Crippen molar-refractivity contribution in [2.45, 2.75) is 24.4 Å². The van der Waals surface area contributed by atoms with Crippen molar-refractivity contribution >= 4 is 17.6 Å². The van der Waals surface area contributed by atoms with Gasteiger partial charge in [-0.15, -0.1) is 0 Å². The maximum absolute atomic E-state index is 10.7. The summed E-state index contributed by atoms with van der Waals surface area (Å²) in [7, 11) is 0. The fraction of sp³-hybridized carbons (Fsp3) is 0.400. The summed E-state index contributed by atoms with van der Waals surface area (Å²) in [6, 6.07) is 5.03. The molecule has 0 radical (unpaired) electrons. The Labute approximate surface area is 91.5 Å². The summed E-state index contributed by atoms with van der Waals surface area (Å²) in [6.07, 6.45) is -0.134. The zero-order chi connectivity index (χ0) is 11.1. The van der Waals surface area contributed by atoms with Crippen LogP contribution < -0.4 is 0 Å². The lowest BCUT2D eigenvalue weighted by molar-refractivity contribution is -0.148. The van der Waals surface area contributed by atoms with Crippen molar-refractivity contribution < 1.29 is 15.0 Å². The van der Waals surface area contributed by atoms with Crippen LogP contribution in [-0.4, -0.2) is 27.3 Å². The predicted molar refractivity (Wildman–Crippen MR) is 53.8 cm³/mol. The lowest BCUT2D eigenvalue weighted by Gasteiger charge is -2.17. The molecular formula is C10H10ClNO3. The van der Waals surface area contributed by atoms with Crippen LogP contribution in [0.4, 0.5) is 0 Å². The number of aliphatic carboxylic acids is 1. The highest BCUT2D eigenvalue weighted by Crippen LogP contribution is 2.50. The SMILES string of the molecule is O=C(O)C(O)C1(c2cccc(Cl)n2)CC1. The smallest absolute Gasteiger partial charge is 0.333 e. The van der Waals surface area contributed by atoms with E-state index in [-0.39, 0.29) is 0 Å². The fourth-order valence-corrected chi connectivity index (χ4v) is 1.89. The standard InChI is InChI=1S/C10H10ClNO3/c11-7-3-1-2-6(12-7)10(4-5-10)8(13)9(14)15/h1-3,8,13H,4-5H2,(H,14,15). The van der Waals surface area contributed by atoms with E-state index in [1.165, 1.54) is 0 Å². The number of hydrogen-bond donors (Lipinski definition) is 2. The van der Waals surface area contributed by atoms with Crippen LogP contribution in [0.25, 0.3) is 0 Å². The average molecular weight is 228 g/mol. The number of carboxylic acids is 1. The van der Waals surface area contributed by atoms with Gasteiger partial charge in [0, 0.05) is 5.41 Å². The maximum atomic E-state index is 10.7. The third kappa shape index (κ3) is 1.70. The molecule has 0 aromatic carbocycles. The number of halogens is 1. The second-order valence-electron chi connectivity index (χ2n) is 3.74. The summed E-state index contributed by atoms with van der Waals surface area (Å²) < 4.78 is 0. The van der Waals surface area contributed by atoms with Crippen LogP contribution >= 0.6 is 11.6 Å². The number of carboxylic acid groups (broad SMARTS) is 1. The molecule has 1 atom stereocenters. The van der Waals surface area contributed by atoms with Gasteiger partial charge in [0.1, 0.15) is 5.15 Å². The van der Waals surface area contributed by atoms with Gasteiger partial charge in [-0.05, 0) is 25.0 Å². The van der Waals surface area contributed by atoms with Crippen molar-refractivity contribution in [3.05, 3.63) is 29.0 Å². The first-order chi connectivity index (χ1) is 7.06. The number of hydrogen-bond acceptors (Lipinski definition) is 3. The molecule has 0 spiro atoms. The van der Waals surface area contributed by atoms with E-state index in [0.29, 0.717) is 23.7 Å². The summed E-state index contributed by atoms with van der Waals surface area (Å²) in [5.74, 6) is -1.21. The molecule has 0 amide bonds. The Bertz CT molecular complexity index is 403. The van der Waals surface area contributed by atoms with Crippen molar-refractivity contribution in [2.24, 2.45) is 0 Å². The second-order valence-corrected chi connectivity index (χ2v) is 4.13. The van der Waals surface area contributed by atoms with E-state index in [4.69, 9.17) is 16.7 Å². The van der Waals surface area contributed by atoms with Gasteiger partial charge in [0.05, 0.1) is 5.69 Å². The van der Waals surface area contributed by atoms with Gasteiger partial charge < -0.3 is 10.2 Å². The minimum absolute atomic E-state index is 0.316. The van der Waals surface area contributed by atoms with Gasteiger partial charge in [0.2, 0.25) is 0 Å². The summed E-state index contributed by atoms with van der Waals surface area (Å²) in [5.41, 5.74) is -0.165. The normalized spacial score (nSPS) is 19.6. The van der Waals surface area contributed by atoms with Crippen LogP contribution in [0.1, 0.15) is 18.5 Å². The van der Waals surface area contributed by atoms with E-state index in [1.807, 2.05) is 0 Å². The summed E-state index contributed by atoms with van der Waals surface area (Å²) >= 11 is 5.72. The Hall–Kier alpha value is -1.13. The molecule has 80 valence electrons. The predicted octanol–water partition coefficient (Wildman–Crippen LogP) is 1.21. The molecule has 0 saturated heterocycles. The number of aliphatic hydroxyl groups is 1. The molecule has 1 heterocycles. The van der Waals surface area contributed by atoms with Crippen LogP contribution in [0.15, 0.2) is 18.2 Å². The first-order valence-electron chi connectivity index (χ1n) is 4.60.